The minimum atomic E-state index is -0.226. The van der Waals surface area contributed by atoms with Crippen molar-refractivity contribution in [3.63, 3.8) is 0 Å². The standard InChI is InChI=1S/C18H22N4O3/c1-24-16-5-3-2-4-14(16)6-7-19-18(23)15-12-21-17(13-20-15)22-8-10-25-11-9-22/h2-5,12-13H,6-11H2,1H3,(H,19,23). The van der Waals surface area contributed by atoms with Crippen LogP contribution in [-0.4, -0.2) is 55.8 Å². The van der Waals surface area contributed by atoms with Crippen molar-refractivity contribution >= 4 is 11.7 Å². The number of para-hydroxylation sites is 1. The number of hydrogen-bond acceptors (Lipinski definition) is 6. The summed E-state index contributed by atoms with van der Waals surface area (Å²) in [6, 6.07) is 7.77. The average molecular weight is 342 g/mol. The molecule has 0 bridgehead atoms. The summed E-state index contributed by atoms with van der Waals surface area (Å²) in [6.45, 7) is 3.46. The van der Waals surface area contributed by atoms with Crippen LogP contribution in [0.3, 0.4) is 0 Å². The largest absolute Gasteiger partial charge is 0.496 e. The first-order valence-corrected chi connectivity index (χ1v) is 8.33. The molecule has 132 valence electrons. The van der Waals surface area contributed by atoms with E-state index in [9.17, 15) is 4.79 Å². The number of aromatic nitrogens is 2. The first-order chi connectivity index (χ1) is 12.3. The first-order valence-electron chi connectivity index (χ1n) is 8.33. The molecule has 0 radical (unpaired) electrons. The number of amides is 1. The molecular weight excluding hydrogens is 320 g/mol. The third-order valence-corrected chi connectivity index (χ3v) is 4.08. The minimum Gasteiger partial charge on any atom is -0.496 e. The summed E-state index contributed by atoms with van der Waals surface area (Å²) in [7, 11) is 1.64. The van der Waals surface area contributed by atoms with Crippen LogP contribution in [0.4, 0.5) is 5.82 Å². The summed E-state index contributed by atoms with van der Waals surface area (Å²) in [5.41, 5.74) is 1.37. The van der Waals surface area contributed by atoms with Crippen molar-refractivity contribution in [1.29, 1.82) is 0 Å². The maximum absolute atomic E-state index is 12.2. The number of hydrogen-bond donors (Lipinski definition) is 1. The van der Waals surface area contributed by atoms with Crippen molar-refractivity contribution in [1.82, 2.24) is 15.3 Å². The second kappa shape index (κ2) is 8.43. The van der Waals surface area contributed by atoms with Gasteiger partial charge in [0.1, 0.15) is 17.3 Å². The van der Waals surface area contributed by atoms with E-state index in [0.29, 0.717) is 31.9 Å². The van der Waals surface area contributed by atoms with Crippen LogP contribution < -0.4 is 15.0 Å². The molecule has 1 aliphatic rings. The molecule has 1 fully saturated rings. The van der Waals surface area contributed by atoms with Gasteiger partial charge >= 0.3 is 0 Å². The van der Waals surface area contributed by atoms with E-state index in [1.54, 1.807) is 13.3 Å². The summed E-state index contributed by atoms with van der Waals surface area (Å²) >= 11 is 0. The second-order valence-electron chi connectivity index (χ2n) is 5.68. The molecule has 0 atom stereocenters. The number of carbonyl (C=O) groups is 1. The SMILES string of the molecule is COc1ccccc1CCNC(=O)c1cnc(N2CCOCC2)cn1. The first kappa shape index (κ1) is 17.2. The zero-order chi connectivity index (χ0) is 17.5. The van der Waals surface area contributed by atoms with Gasteiger partial charge in [-0.3, -0.25) is 4.79 Å². The molecule has 1 amide bonds. The molecule has 0 spiro atoms. The monoisotopic (exact) mass is 342 g/mol. The summed E-state index contributed by atoms with van der Waals surface area (Å²) < 4.78 is 10.6. The van der Waals surface area contributed by atoms with Crippen molar-refractivity contribution in [3.05, 3.63) is 47.9 Å². The number of benzene rings is 1. The molecule has 2 heterocycles. The molecule has 0 saturated carbocycles. The van der Waals surface area contributed by atoms with Crippen LogP contribution in [0.2, 0.25) is 0 Å². The van der Waals surface area contributed by atoms with E-state index in [-0.39, 0.29) is 5.91 Å². The van der Waals surface area contributed by atoms with Gasteiger partial charge in [0, 0.05) is 19.6 Å². The summed E-state index contributed by atoms with van der Waals surface area (Å²) in [4.78, 5) is 22.9. The maximum Gasteiger partial charge on any atom is 0.271 e. The van der Waals surface area contributed by atoms with Crippen LogP contribution in [0.25, 0.3) is 0 Å². The van der Waals surface area contributed by atoms with Crippen LogP contribution in [0.5, 0.6) is 5.75 Å². The zero-order valence-electron chi connectivity index (χ0n) is 14.3. The Hall–Kier alpha value is -2.67. The quantitative estimate of drug-likeness (QED) is 0.853. The molecule has 1 aromatic heterocycles. The Balaban J connectivity index is 1.52. The molecule has 0 unspecified atom stereocenters. The van der Waals surface area contributed by atoms with E-state index in [2.05, 4.69) is 20.2 Å². The highest BCUT2D eigenvalue weighted by molar-refractivity contribution is 5.92. The molecule has 7 nitrogen and oxygen atoms in total. The Morgan fingerprint density at radius 1 is 1.24 bits per heavy atom. The predicted molar refractivity (Wildman–Crippen MR) is 94.1 cm³/mol. The second-order valence-corrected chi connectivity index (χ2v) is 5.68. The lowest BCUT2D eigenvalue weighted by molar-refractivity contribution is 0.0948. The van der Waals surface area contributed by atoms with Crippen molar-refractivity contribution in [3.8, 4) is 5.75 Å². The van der Waals surface area contributed by atoms with Crippen LogP contribution in [0.15, 0.2) is 36.7 Å². The van der Waals surface area contributed by atoms with E-state index in [0.717, 1.165) is 30.2 Å². The number of anilines is 1. The van der Waals surface area contributed by atoms with Crippen LogP contribution in [0, 0.1) is 0 Å². The van der Waals surface area contributed by atoms with Gasteiger partial charge in [0.2, 0.25) is 0 Å². The molecule has 0 aliphatic carbocycles. The predicted octanol–water partition coefficient (Wildman–Crippen LogP) is 1.29. The number of nitrogens with zero attached hydrogens (tertiary/aromatic N) is 3. The van der Waals surface area contributed by atoms with Crippen LogP contribution >= 0.6 is 0 Å². The van der Waals surface area contributed by atoms with Gasteiger partial charge in [-0.15, -0.1) is 0 Å². The Kier molecular flexibility index (Phi) is 5.79. The normalized spacial score (nSPS) is 14.2. The molecule has 1 aromatic carbocycles. The number of ether oxygens (including phenoxy) is 2. The van der Waals surface area contributed by atoms with Gasteiger partial charge < -0.3 is 19.7 Å². The molecular formula is C18H22N4O3. The highest BCUT2D eigenvalue weighted by Gasteiger charge is 2.14. The number of methoxy groups -OCH3 is 1. The van der Waals surface area contributed by atoms with Crippen molar-refractivity contribution < 1.29 is 14.3 Å². The van der Waals surface area contributed by atoms with Crippen molar-refractivity contribution in [2.45, 2.75) is 6.42 Å². The van der Waals surface area contributed by atoms with E-state index in [1.165, 1.54) is 6.20 Å². The maximum atomic E-state index is 12.2. The van der Waals surface area contributed by atoms with Gasteiger partial charge in [-0.1, -0.05) is 18.2 Å². The molecule has 2 aromatic rings. The van der Waals surface area contributed by atoms with Gasteiger partial charge in [0.15, 0.2) is 0 Å². The highest BCUT2D eigenvalue weighted by atomic mass is 16.5. The van der Waals surface area contributed by atoms with Gasteiger partial charge in [0.25, 0.3) is 5.91 Å². The third kappa shape index (κ3) is 4.45. The Morgan fingerprint density at radius 2 is 2.04 bits per heavy atom. The third-order valence-electron chi connectivity index (χ3n) is 4.08. The average Bonchev–Trinajstić information content (AvgIpc) is 2.69. The Morgan fingerprint density at radius 3 is 2.76 bits per heavy atom. The van der Waals surface area contributed by atoms with E-state index in [1.807, 2.05) is 24.3 Å². The minimum absolute atomic E-state index is 0.226. The topological polar surface area (TPSA) is 76.6 Å². The molecule has 1 saturated heterocycles. The van der Waals surface area contributed by atoms with Gasteiger partial charge in [-0.05, 0) is 18.1 Å². The highest BCUT2D eigenvalue weighted by Crippen LogP contribution is 2.17. The zero-order valence-corrected chi connectivity index (χ0v) is 14.3. The fourth-order valence-corrected chi connectivity index (χ4v) is 2.70. The van der Waals surface area contributed by atoms with Crippen molar-refractivity contribution in [2.75, 3.05) is 44.9 Å². The molecule has 1 N–H and O–H groups in total. The summed E-state index contributed by atoms with van der Waals surface area (Å²) in [6.07, 6.45) is 3.85. The number of nitrogens with one attached hydrogen (secondary N) is 1. The number of morpholine rings is 1. The van der Waals surface area contributed by atoms with Crippen LogP contribution in [0.1, 0.15) is 16.1 Å². The summed E-state index contributed by atoms with van der Waals surface area (Å²) in [5, 5.41) is 2.87. The van der Waals surface area contributed by atoms with Crippen molar-refractivity contribution in [2.24, 2.45) is 0 Å². The fourth-order valence-electron chi connectivity index (χ4n) is 2.70. The van der Waals surface area contributed by atoms with E-state index >= 15 is 0 Å². The van der Waals surface area contributed by atoms with Gasteiger partial charge in [0.05, 0.1) is 32.7 Å². The number of rotatable bonds is 6. The van der Waals surface area contributed by atoms with Gasteiger partial charge in [-0.2, -0.15) is 0 Å². The molecule has 25 heavy (non-hydrogen) atoms. The lowest BCUT2D eigenvalue weighted by atomic mass is 10.1. The van der Waals surface area contributed by atoms with Crippen LogP contribution in [-0.2, 0) is 11.2 Å². The Labute approximate surface area is 147 Å². The smallest absolute Gasteiger partial charge is 0.271 e. The van der Waals surface area contributed by atoms with Gasteiger partial charge in [-0.25, -0.2) is 9.97 Å². The molecule has 3 rings (SSSR count). The lowest BCUT2D eigenvalue weighted by Crippen LogP contribution is -2.37. The van der Waals surface area contributed by atoms with E-state index in [4.69, 9.17) is 9.47 Å². The number of carbonyl (C=O) groups excluding carboxylic acids is 1. The van der Waals surface area contributed by atoms with E-state index < -0.39 is 0 Å². The lowest BCUT2D eigenvalue weighted by Gasteiger charge is -2.27. The summed E-state index contributed by atoms with van der Waals surface area (Å²) in [5.74, 6) is 1.37. The fraction of sp³-hybridized carbons (Fsp3) is 0.389. The molecule has 1 aliphatic heterocycles. The Bertz CT molecular complexity index is 700. The molecule has 7 heteroatoms.